The molecule has 0 saturated carbocycles. The van der Waals surface area contributed by atoms with Crippen molar-refractivity contribution in [1.29, 1.82) is 0 Å². The summed E-state index contributed by atoms with van der Waals surface area (Å²) < 4.78 is 11.1. The number of carbonyl (C=O) groups excluding carboxylic acids is 2. The average Bonchev–Trinajstić information content (AvgIpc) is 2.72. The first kappa shape index (κ1) is 20.9. The minimum atomic E-state index is -0.467. The molecule has 1 heterocycles. The number of benzene rings is 2. The average molecular weight is 395 g/mol. The minimum absolute atomic E-state index is 0.0254. The van der Waals surface area contributed by atoms with Crippen LogP contribution in [0.4, 0.5) is 4.79 Å². The van der Waals surface area contributed by atoms with Crippen molar-refractivity contribution in [3.63, 3.8) is 0 Å². The number of rotatable bonds is 5. The third-order valence-electron chi connectivity index (χ3n) is 4.96. The topological polar surface area (TPSA) is 55.8 Å². The van der Waals surface area contributed by atoms with Crippen LogP contribution in [0.2, 0.25) is 0 Å². The number of carbonyl (C=O) groups is 2. The van der Waals surface area contributed by atoms with E-state index in [1.165, 1.54) is 5.56 Å². The number of hydrogen-bond acceptors (Lipinski definition) is 4. The maximum Gasteiger partial charge on any atom is 0.410 e. The van der Waals surface area contributed by atoms with Gasteiger partial charge in [-0.05, 0) is 57.2 Å². The Kier molecular flexibility index (Phi) is 6.57. The van der Waals surface area contributed by atoms with E-state index in [1.807, 2.05) is 51.1 Å². The Balaban J connectivity index is 1.48. The first-order valence-electron chi connectivity index (χ1n) is 10.1. The third-order valence-corrected chi connectivity index (χ3v) is 4.96. The molecule has 1 aliphatic rings. The summed E-state index contributed by atoms with van der Waals surface area (Å²) >= 11 is 0. The highest BCUT2D eigenvalue weighted by Crippen LogP contribution is 2.30. The molecule has 5 nitrogen and oxygen atoms in total. The van der Waals surface area contributed by atoms with Crippen molar-refractivity contribution in [2.75, 3.05) is 19.7 Å². The fourth-order valence-electron chi connectivity index (χ4n) is 3.41. The van der Waals surface area contributed by atoms with Crippen LogP contribution in [0.1, 0.15) is 55.5 Å². The molecular formula is C24H29NO4. The van der Waals surface area contributed by atoms with Gasteiger partial charge in [-0.15, -0.1) is 0 Å². The lowest BCUT2D eigenvalue weighted by atomic mass is 9.89. The van der Waals surface area contributed by atoms with Crippen LogP contribution in [0.25, 0.3) is 0 Å². The fraction of sp³-hybridized carbons (Fsp3) is 0.417. The van der Waals surface area contributed by atoms with Gasteiger partial charge < -0.3 is 14.4 Å². The first-order chi connectivity index (χ1) is 13.8. The lowest BCUT2D eigenvalue weighted by Crippen LogP contribution is -2.41. The highest BCUT2D eigenvalue weighted by Gasteiger charge is 2.27. The van der Waals surface area contributed by atoms with E-state index >= 15 is 0 Å². The molecule has 3 rings (SSSR count). The molecule has 2 aromatic rings. The summed E-state index contributed by atoms with van der Waals surface area (Å²) in [6.07, 6.45) is 1.58. The van der Waals surface area contributed by atoms with Gasteiger partial charge in [0.1, 0.15) is 11.4 Å². The van der Waals surface area contributed by atoms with Gasteiger partial charge in [-0.1, -0.05) is 42.5 Å². The van der Waals surface area contributed by atoms with Crippen LogP contribution in [-0.2, 0) is 4.74 Å². The zero-order chi connectivity index (χ0) is 20.9. The zero-order valence-corrected chi connectivity index (χ0v) is 17.4. The second-order valence-corrected chi connectivity index (χ2v) is 8.39. The molecular weight excluding hydrogens is 366 g/mol. The highest BCUT2D eigenvalue weighted by atomic mass is 16.6. The first-order valence-corrected chi connectivity index (χ1v) is 10.1. The molecule has 0 radical (unpaired) electrons. The van der Waals surface area contributed by atoms with Crippen LogP contribution in [0.3, 0.4) is 0 Å². The molecule has 1 saturated heterocycles. The van der Waals surface area contributed by atoms with Gasteiger partial charge in [0.25, 0.3) is 0 Å². The Labute approximate surface area is 172 Å². The number of hydrogen-bond donors (Lipinski definition) is 0. The summed E-state index contributed by atoms with van der Waals surface area (Å²) in [7, 11) is 0. The third kappa shape index (κ3) is 6.08. The zero-order valence-electron chi connectivity index (χ0n) is 17.4. The Morgan fingerprint density at radius 3 is 2.17 bits per heavy atom. The molecule has 0 bridgehead atoms. The summed E-state index contributed by atoms with van der Waals surface area (Å²) in [4.78, 5) is 26.1. The predicted octanol–water partition coefficient (Wildman–Crippen LogP) is 5.06. The maximum absolute atomic E-state index is 12.2. The molecule has 0 unspecified atom stereocenters. The number of nitrogens with zero attached hydrogens (tertiary/aromatic N) is 1. The van der Waals surface area contributed by atoms with Gasteiger partial charge in [0.05, 0.1) is 0 Å². The number of piperidine rings is 1. The number of likely N-dealkylation sites (tertiary alicyclic amines) is 1. The van der Waals surface area contributed by atoms with E-state index in [2.05, 4.69) is 12.1 Å². The highest BCUT2D eigenvalue weighted by molar-refractivity contribution is 5.97. The van der Waals surface area contributed by atoms with Crippen molar-refractivity contribution >= 4 is 11.9 Å². The molecule has 0 aromatic heterocycles. The van der Waals surface area contributed by atoms with E-state index in [-0.39, 0.29) is 18.5 Å². The van der Waals surface area contributed by atoms with Crippen LogP contribution >= 0.6 is 0 Å². The van der Waals surface area contributed by atoms with E-state index in [0.29, 0.717) is 30.3 Å². The van der Waals surface area contributed by atoms with Gasteiger partial charge >= 0.3 is 6.09 Å². The molecule has 0 atom stereocenters. The summed E-state index contributed by atoms with van der Waals surface area (Å²) in [5.74, 6) is 1.06. The van der Waals surface area contributed by atoms with E-state index in [1.54, 1.807) is 17.0 Å². The predicted molar refractivity (Wildman–Crippen MR) is 112 cm³/mol. The van der Waals surface area contributed by atoms with Crippen LogP contribution in [0, 0.1) is 0 Å². The molecule has 29 heavy (non-hydrogen) atoms. The van der Waals surface area contributed by atoms with Gasteiger partial charge in [-0.2, -0.15) is 0 Å². The van der Waals surface area contributed by atoms with Crippen molar-refractivity contribution in [3.8, 4) is 5.75 Å². The fourth-order valence-corrected chi connectivity index (χ4v) is 3.41. The van der Waals surface area contributed by atoms with Crippen molar-refractivity contribution in [2.24, 2.45) is 0 Å². The number of ketones is 1. The quantitative estimate of drug-likeness (QED) is 0.664. The van der Waals surface area contributed by atoms with E-state index < -0.39 is 5.60 Å². The van der Waals surface area contributed by atoms with Crippen molar-refractivity contribution in [2.45, 2.75) is 45.1 Å². The SMILES string of the molecule is CC(C)(C)OC(=O)N1CCC(c2ccc(OCC(=O)c3ccccc3)cc2)CC1. The smallest absolute Gasteiger partial charge is 0.410 e. The van der Waals surface area contributed by atoms with Crippen LogP contribution in [-0.4, -0.2) is 42.1 Å². The van der Waals surface area contributed by atoms with Crippen LogP contribution in [0.5, 0.6) is 5.75 Å². The Bertz CT molecular complexity index is 816. The molecule has 154 valence electrons. The summed E-state index contributed by atoms with van der Waals surface area (Å²) in [5.41, 5.74) is 1.42. The minimum Gasteiger partial charge on any atom is -0.485 e. The number of amides is 1. The van der Waals surface area contributed by atoms with Crippen LogP contribution < -0.4 is 4.74 Å². The van der Waals surface area contributed by atoms with Crippen molar-refractivity contribution in [3.05, 3.63) is 65.7 Å². The van der Waals surface area contributed by atoms with Crippen LogP contribution in [0.15, 0.2) is 54.6 Å². The van der Waals surface area contributed by atoms with E-state index in [9.17, 15) is 9.59 Å². The Morgan fingerprint density at radius 2 is 1.59 bits per heavy atom. The molecule has 0 aliphatic carbocycles. The molecule has 2 aromatic carbocycles. The van der Waals surface area contributed by atoms with Crippen molar-refractivity contribution in [1.82, 2.24) is 4.90 Å². The standard InChI is InChI=1S/C24H29NO4/c1-24(2,3)29-23(27)25-15-13-19(14-16-25)18-9-11-21(12-10-18)28-17-22(26)20-7-5-4-6-8-20/h4-12,19H,13-17H2,1-3H3. The molecule has 1 fully saturated rings. The molecule has 0 spiro atoms. The molecule has 1 amide bonds. The molecule has 0 N–H and O–H groups in total. The van der Waals surface area contributed by atoms with Gasteiger partial charge in [-0.25, -0.2) is 4.79 Å². The Hall–Kier alpha value is -2.82. The second kappa shape index (κ2) is 9.12. The van der Waals surface area contributed by atoms with Gasteiger partial charge in [0, 0.05) is 18.7 Å². The van der Waals surface area contributed by atoms with Crippen molar-refractivity contribution < 1.29 is 19.1 Å². The number of Topliss-reactive ketones (excluding diaryl/α,β-unsaturated/α-hetero) is 1. The lowest BCUT2D eigenvalue weighted by molar-refractivity contribution is 0.0204. The monoisotopic (exact) mass is 395 g/mol. The van der Waals surface area contributed by atoms with Gasteiger partial charge in [-0.3, -0.25) is 4.79 Å². The maximum atomic E-state index is 12.2. The lowest BCUT2D eigenvalue weighted by Gasteiger charge is -2.33. The van der Waals surface area contributed by atoms with E-state index in [0.717, 1.165) is 12.8 Å². The van der Waals surface area contributed by atoms with Gasteiger partial charge in [0.2, 0.25) is 0 Å². The normalized spacial score (nSPS) is 15.1. The number of ether oxygens (including phenoxy) is 2. The summed E-state index contributed by atoms with van der Waals surface area (Å²) in [6, 6.07) is 17.1. The van der Waals surface area contributed by atoms with E-state index in [4.69, 9.17) is 9.47 Å². The largest absolute Gasteiger partial charge is 0.485 e. The Morgan fingerprint density at radius 1 is 0.966 bits per heavy atom. The second-order valence-electron chi connectivity index (χ2n) is 8.39. The van der Waals surface area contributed by atoms with Gasteiger partial charge in [0.15, 0.2) is 12.4 Å². The molecule has 5 heteroatoms. The summed E-state index contributed by atoms with van der Waals surface area (Å²) in [5, 5.41) is 0. The molecule has 1 aliphatic heterocycles. The summed E-state index contributed by atoms with van der Waals surface area (Å²) in [6.45, 7) is 7.07.